The first-order valence-corrected chi connectivity index (χ1v) is 9.77. The summed E-state index contributed by atoms with van der Waals surface area (Å²) in [5.74, 6) is 0. The Morgan fingerprint density at radius 1 is 0.905 bits per heavy atom. The molecule has 5 nitrogen and oxygen atoms in total. The smallest absolute Gasteiger partial charge is 0.391 e. The van der Waals surface area contributed by atoms with Gasteiger partial charge in [0.1, 0.15) is 0 Å². The minimum Gasteiger partial charge on any atom is -0.391 e. The highest BCUT2D eigenvalue weighted by atomic mass is 31.2. The van der Waals surface area contributed by atoms with Crippen LogP contribution in [0.2, 0.25) is 0 Å². The minimum absolute atomic E-state index is 0.189. The zero-order valence-electron chi connectivity index (χ0n) is 13.6. The highest BCUT2D eigenvalue weighted by Gasteiger charge is 2.21. The van der Waals surface area contributed by atoms with Crippen LogP contribution in [0.1, 0.15) is 78.1 Å². The van der Waals surface area contributed by atoms with Gasteiger partial charge in [-0.3, -0.25) is 9.05 Å². The SMILES string of the molecule is CCCCCCCCCCCCOP(=O)(O)OCC(C)O. The van der Waals surface area contributed by atoms with E-state index in [-0.39, 0.29) is 13.2 Å². The Labute approximate surface area is 129 Å². The van der Waals surface area contributed by atoms with Crippen LogP contribution < -0.4 is 0 Å². The lowest BCUT2D eigenvalue weighted by Crippen LogP contribution is -2.10. The molecule has 0 aliphatic rings. The molecule has 128 valence electrons. The molecule has 6 heteroatoms. The topological polar surface area (TPSA) is 76.0 Å². The van der Waals surface area contributed by atoms with Crippen LogP contribution in [-0.4, -0.2) is 29.3 Å². The average molecular weight is 324 g/mol. The quantitative estimate of drug-likeness (QED) is 0.344. The van der Waals surface area contributed by atoms with Crippen molar-refractivity contribution in [2.75, 3.05) is 13.2 Å². The summed E-state index contributed by atoms with van der Waals surface area (Å²) in [6.07, 6.45) is 11.3. The fraction of sp³-hybridized carbons (Fsp3) is 1.00. The minimum atomic E-state index is -3.98. The second kappa shape index (κ2) is 13.7. The molecule has 0 spiro atoms. The molecule has 0 radical (unpaired) electrons. The molecule has 0 fully saturated rings. The molecule has 0 aromatic carbocycles. The predicted octanol–water partition coefficient (Wildman–Crippen LogP) is 4.42. The van der Waals surface area contributed by atoms with Crippen molar-refractivity contribution < 1.29 is 23.6 Å². The molecular formula is C15H33O5P. The fourth-order valence-corrected chi connectivity index (χ4v) is 2.85. The monoisotopic (exact) mass is 324 g/mol. The van der Waals surface area contributed by atoms with E-state index in [2.05, 4.69) is 11.4 Å². The van der Waals surface area contributed by atoms with Crippen molar-refractivity contribution in [2.24, 2.45) is 0 Å². The van der Waals surface area contributed by atoms with Crippen LogP contribution in [0, 0.1) is 0 Å². The third kappa shape index (κ3) is 16.3. The van der Waals surface area contributed by atoms with Crippen LogP contribution in [0.3, 0.4) is 0 Å². The third-order valence-corrected chi connectivity index (χ3v) is 4.22. The van der Waals surface area contributed by atoms with Crippen LogP contribution in [0.4, 0.5) is 0 Å². The summed E-state index contributed by atoms with van der Waals surface area (Å²) >= 11 is 0. The predicted molar refractivity (Wildman–Crippen MR) is 85.3 cm³/mol. The van der Waals surface area contributed by atoms with E-state index >= 15 is 0 Å². The highest BCUT2D eigenvalue weighted by Crippen LogP contribution is 2.43. The van der Waals surface area contributed by atoms with E-state index in [0.717, 1.165) is 19.3 Å². The molecule has 0 heterocycles. The van der Waals surface area contributed by atoms with Gasteiger partial charge in [0.25, 0.3) is 0 Å². The van der Waals surface area contributed by atoms with Gasteiger partial charge >= 0.3 is 7.82 Å². The summed E-state index contributed by atoms with van der Waals surface area (Å²) in [5.41, 5.74) is 0. The molecule has 2 unspecified atom stereocenters. The number of hydrogen-bond donors (Lipinski definition) is 2. The van der Waals surface area contributed by atoms with Crippen molar-refractivity contribution in [2.45, 2.75) is 84.2 Å². The van der Waals surface area contributed by atoms with Crippen molar-refractivity contribution >= 4 is 7.82 Å². The van der Waals surface area contributed by atoms with Gasteiger partial charge in [-0.05, 0) is 13.3 Å². The molecule has 21 heavy (non-hydrogen) atoms. The lowest BCUT2D eigenvalue weighted by atomic mass is 10.1. The number of rotatable bonds is 15. The molecule has 0 saturated carbocycles. The van der Waals surface area contributed by atoms with Gasteiger partial charge in [0, 0.05) is 0 Å². The fourth-order valence-electron chi connectivity index (χ4n) is 2.01. The zero-order valence-corrected chi connectivity index (χ0v) is 14.5. The maximum Gasteiger partial charge on any atom is 0.472 e. The Hall–Kier alpha value is 0.0700. The van der Waals surface area contributed by atoms with Gasteiger partial charge in [-0.1, -0.05) is 64.7 Å². The molecule has 0 amide bonds. The van der Waals surface area contributed by atoms with E-state index in [4.69, 9.17) is 9.63 Å². The largest absolute Gasteiger partial charge is 0.472 e. The Balaban J connectivity index is 3.30. The van der Waals surface area contributed by atoms with E-state index < -0.39 is 13.9 Å². The van der Waals surface area contributed by atoms with Gasteiger partial charge in [-0.2, -0.15) is 0 Å². The van der Waals surface area contributed by atoms with Crippen molar-refractivity contribution in [1.29, 1.82) is 0 Å². The van der Waals surface area contributed by atoms with Crippen molar-refractivity contribution in [1.82, 2.24) is 0 Å². The summed E-state index contributed by atoms with van der Waals surface area (Å²) < 4.78 is 20.8. The second-order valence-corrected chi connectivity index (χ2v) is 7.08. The van der Waals surface area contributed by atoms with Gasteiger partial charge in [0.15, 0.2) is 0 Å². The number of aliphatic hydroxyl groups is 1. The molecule has 0 aliphatic carbocycles. The van der Waals surface area contributed by atoms with Crippen molar-refractivity contribution in [3.63, 3.8) is 0 Å². The first kappa shape index (κ1) is 21.1. The summed E-state index contributed by atoms with van der Waals surface area (Å²) in [6, 6.07) is 0. The van der Waals surface area contributed by atoms with Gasteiger partial charge in [0.2, 0.25) is 0 Å². The first-order valence-electron chi connectivity index (χ1n) is 8.28. The molecule has 0 saturated heterocycles. The van der Waals surface area contributed by atoms with Crippen molar-refractivity contribution in [3.05, 3.63) is 0 Å². The summed E-state index contributed by atoms with van der Waals surface area (Å²) in [4.78, 5) is 9.31. The number of hydrogen-bond acceptors (Lipinski definition) is 4. The molecular weight excluding hydrogens is 291 g/mol. The molecule has 2 atom stereocenters. The van der Waals surface area contributed by atoms with Crippen LogP contribution in [0.5, 0.6) is 0 Å². The Bertz CT molecular complexity index is 271. The molecule has 0 aromatic heterocycles. The highest BCUT2D eigenvalue weighted by molar-refractivity contribution is 7.47. The van der Waals surface area contributed by atoms with Crippen LogP contribution >= 0.6 is 7.82 Å². The standard InChI is InChI=1S/C15H33O5P/c1-3-4-5-6-7-8-9-10-11-12-13-19-21(17,18)20-14-15(2)16/h15-16H,3-14H2,1-2H3,(H,17,18). The van der Waals surface area contributed by atoms with Crippen LogP contribution in [-0.2, 0) is 13.6 Å². The number of aliphatic hydroxyl groups excluding tert-OH is 1. The van der Waals surface area contributed by atoms with Gasteiger partial charge < -0.3 is 10.00 Å². The first-order chi connectivity index (χ1) is 9.98. The Kier molecular flexibility index (Phi) is 13.8. The molecule has 2 N–H and O–H groups in total. The zero-order chi connectivity index (χ0) is 16.0. The Morgan fingerprint density at radius 3 is 1.86 bits per heavy atom. The average Bonchev–Trinajstić information content (AvgIpc) is 2.43. The second-order valence-electron chi connectivity index (χ2n) is 5.63. The van der Waals surface area contributed by atoms with E-state index in [1.165, 1.54) is 51.9 Å². The molecule has 0 bridgehead atoms. The maximum atomic E-state index is 11.4. The van der Waals surface area contributed by atoms with E-state index in [0.29, 0.717) is 0 Å². The number of phosphoric acid groups is 1. The lowest BCUT2D eigenvalue weighted by molar-refractivity contribution is 0.0823. The third-order valence-electron chi connectivity index (χ3n) is 3.23. The van der Waals surface area contributed by atoms with Crippen LogP contribution in [0.25, 0.3) is 0 Å². The van der Waals surface area contributed by atoms with E-state index in [1.807, 2.05) is 0 Å². The van der Waals surface area contributed by atoms with Crippen molar-refractivity contribution in [3.8, 4) is 0 Å². The molecule has 0 rings (SSSR count). The molecule has 0 aliphatic heterocycles. The Morgan fingerprint density at radius 2 is 1.38 bits per heavy atom. The van der Waals surface area contributed by atoms with E-state index in [9.17, 15) is 9.46 Å². The maximum absolute atomic E-state index is 11.4. The molecule has 0 aromatic rings. The number of phosphoric ester groups is 1. The lowest BCUT2D eigenvalue weighted by Gasteiger charge is -2.13. The number of unbranched alkanes of at least 4 members (excludes halogenated alkanes) is 9. The van der Waals surface area contributed by atoms with Gasteiger partial charge in [-0.15, -0.1) is 0 Å². The summed E-state index contributed by atoms with van der Waals surface area (Å²) in [7, 11) is -3.98. The summed E-state index contributed by atoms with van der Waals surface area (Å²) in [5, 5.41) is 8.96. The summed E-state index contributed by atoms with van der Waals surface area (Å²) in [6.45, 7) is 3.75. The van der Waals surface area contributed by atoms with Gasteiger partial charge in [-0.25, -0.2) is 4.57 Å². The normalized spacial score (nSPS) is 15.8. The van der Waals surface area contributed by atoms with Crippen LogP contribution in [0.15, 0.2) is 0 Å². The van der Waals surface area contributed by atoms with Gasteiger partial charge in [0.05, 0.1) is 19.3 Å². The van der Waals surface area contributed by atoms with E-state index in [1.54, 1.807) is 0 Å².